The smallest absolute Gasteiger partial charge is 0.0902 e. The molecule has 0 spiro atoms. The van der Waals surface area contributed by atoms with Crippen LogP contribution in [0.25, 0.3) is 0 Å². The Morgan fingerprint density at radius 2 is 1.71 bits per heavy atom. The Hall–Kier alpha value is -1.26. The molecule has 0 fully saturated rings. The number of hydrogen-bond donors (Lipinski definition) is 0. The first kappa shape index (κ1) is 19.7. The second kappa shape index (κ2) is 11.4. The van der Waals surface area contributed by atoms with E-state index in [1.807, 2.05) is 6.92 Å². The maximum absolute atomic E-state index is 5.81. The fourth-order valence-corrected chi connectivity index (χ4v) is 2.86. The summed E-state index contributed by atoms with van der Waals surface area (Å²) in [5.74, 6) is 3.47. The first-order valence-electron chi connectivity index (χ1n) is 8.17. The van der Waals surface area contributed by atoms with E-state index >= 15 is 0 Å². The predicted molar refractivity (Wildman–Crippen MR) is 96.2 cm³/mol. The lowest BCUT2D eigenvalue weighted by Gasteiger charge is -2.40. The third kappa shape index (κ3) is 6.82. The number of nitrogens with zero attached hydrogens (tertiary/aromatic N) is 1. The molecule has 1 heteroatoms. The van der Waals surface area contributed by atoms with E-state index in [0.29, 0.717) is 18.0 Å². The zero-order chi connectivity index (χ0) is 16.3. The molecule has 2 unspecified atom stereocenters. The van der Waals surface area contributed by atoms with Crippen LogP contribution in [0, 0.1) is 18.3 Å². The van der Waals surface area contributed by atoms with Crippen LogP contribution in [-0.4, -0.2) is 23.0 Å². The molecule has 0 heterocycles. The number of terminal acetylenes is 1. The number of rotatable bonds is 9. The largest absolute Gasteiger partial charge is 0.281 e. The molecule has 0 aliphatic rings. The summed E-state index contributed by atoms with van der Waals surface area (Å²) in [5, 5.41) is 0. The molecule has 0 aromatic heterocycles. The monoisotopic (exact) mass is 287 g/mol. The van der Waals surface area contributed by atoms with E-state index in [0.717, 1.165) is 12.8 Å². The molecule has 0 radical (unpaired) electrons. The molecule has 3 atom stereocenters. The average Bonchev–Trinajstić information content (AvgIpc) is 2.45. The van der Waals surface area contributed by atoms with Crippen molar-refractivity contribution in [2.75, 3.05) is 0 Å². The molecule has 0 N–H and O–H groups in total. The summed E-state index contributed by atoms with van der Waals surface area (Å²) in [7, 11) is 0. The molecule has 0 aliphatic heterocycles. The van der Waals surface area contributed by atoms with Gasteiger partial charge in [-0.2, -0.15) is 0 Å². The first-order valence-corrected chi connectivity index (χ1v) is 8.17. The predicted octanol–water partition coefficient (Wildman–Crippen LogP) is 5.21. The maximum atomic E-state index is 5.81. The van der Waals surface area contributed by atoms with Gasteiger partial charge in [-0.3, -0.25) is 4.90 Å². The average molecular weight is 287 g/mol. The molecule has 0 saturated carbocycles. The van der Waals surface area contributed by atoms with Gasteiger partial charge in [0.05, 0.1) is 6.04 Å². The van der Waals surface area contributed by atoms with Crippen LogP contribution < -0.4 is 0 Å². The van der Waals surface area contributed by atoms with E-state index in [-0.39, 0.29) is 6.04 Å². The summed E-state index contributed by atoms with van der Waals surface area (Å²) >= 11 is 0. The van der Waals surface area contributed by atoms with Gasteiger partial charge < -0.3 is 0 Å². The standard InChI is InChI=1S/C20H33N/c1-8-12-13-14-16-19(10-3)21(17(5)6)20(11-4)18(7)15-9-2/h3,8-9,12,14-20H,11,13H2,1-2,4-7H3/b12-8-,15-9?,16-14-/t18?,19-,20?/m1/s1. The van der Waals surface area contributed by atoms with E-state index in [9.17, 15) is 0 Å². The second-order valence-corrected chi connectivity index (χ2v) is 5.75. The highest BCUT2D eigenvalue weighted by molar-refractivity contribution is 5.15. The van der Waals surface area contributed by atoms with Crippen molar-refractivity contribution in [2.45, 2.75) is 72.5 Å². The zero-order valence-corrected chi connectivity index (χ0v) is 14.7. The minimum Gasteiger partial charge on any atom is -0.281 e. The van der Waals surface area contributed by atoms with Gasteiger partial charge in [-0.05, 0) is 46.5 Å². The lowest BCUT2D eigenvalue weighted by molar-refractivity contribution is 0.114. The van der Waals surface area contributed by atoms with Gasteiger partial charge in [-0.25, -0.2) is 0 Å². The van der Waals surface area contributed by atoms with Crippen molar-refractivity contribution in [3.05, 3.63) is 36.5 Å². The molecular formula is C20H33N. The topological polar surface area (TPSA) is 3.24 Å². The summed E-state index contributed by atoms with van der Waals surface area (Å²) in [4.78, 5) is 2.47. The van der Waals surface area contributed by atoms with E-state index < -0.39 is 0 Å². The van der Waals surface area contributed by atoms with Crippen LogP contribution in [0.2, 0.25) is 0 Å². The van der Waals surface area contributed by atoms with Crippen molar-refractivity contribution in [1.82, 2.24) is 4.90 Å². The Morgan fingerprint density at radius 3 is 2.14 bits per heavy atom. The molecule has 0 aromatic carbocycles. The van der Waals surface area contributed by atoms with Crippen molar-refractivity contribution in [1.29, 1.82) is 0 Å². The van der Waals surface area contributed by atoms with Crippen LogP contribution in [0.5, 0.6) is 0 Å². The van der Waals surface area contributed by atoms with Gasteiger partial charge in [0, 0.05) is 12.1 Å². The highest BCUT2D eigenvalue weighted by Crippen LogP contribution is 2.22. The molecular weight excluding hydrogens is 254 g/mol. The lowest BCUT2D eigenvalue weighted by atomic mass is 9.94. The van der Waals surface area contributed by atoms with Gasteiger partial charge in [0.15, 0.2) is 0 Å². The van der Waals surface area contributed by atoms with Gasteiger partial charge in [0.2, 0.25) is 0 Å². The van der Waals surface area contributed by atoms with Crippen molar-refractivity contribution < 1.29 is 0 Å². The van der Waals surface area contributed by atoms with E-state index in [4.69, 9.17) is 6.42 Å². The number of allylic oxidation sites excluding steroid dienone is 4. The van der Waals surface area contributed by atoms with E-state index in [1.54, 1.807) is 0 Å². The van der Waals surface area contributed by atoms with E-state index in [1.165, 1.54) is 0 Å². The van der Waals surface area contributed by atoms with Crippen LogP contribution in [0.1, 0.15) is 54.4 Å². The van der Waals surface area contributed by atoms with E-state index in [2.05, 4.69) is 81.9 Å². The quantitative estimate of drug-likeness (QED) is 0.415. The molecule has 0 amide bonds. The summed E-state index contributed by atoms with van der Waals surface area (Å²) < 4.78 is 0. The normalized spacial score (nSPS) is 17.1. The Bertz CT molecular complexity index is 381. The zero-order valence-electron chi connectivity index (χ0n) is 14.7. The van der Waals surface area contributed by atoms with Gasteiger partial charge in [0.25, 0.3) is 0 Å². The van der Waals surface area contributed by atoms with Gasteiger partial charge in [0.1, 0.15) is 0 Å². The molecule has 0 rings (SSSR count). The Balaban J connectivity index is 5.22. The van der Waals surface area contributed by atoms with Crippen LogP contribution in [0.4, 0.5) is 0 Å². The van der Waals surface area contributed by atoms with Crippen molar-refractivity contribution in [3.8, 4) is 12.3 Å². The summed E-state index contributed by atoms with van der Waals surface area (Å²) in [6.45, 7) is 13.1. The van der Waals surface area contributed by atoms with Crippen molar-refractivity contribution in [2.24, 2.45) is 5.92 Å². The molecule has 0 aromatic rings. The van der Waals surface area contributed by atoms with Crippen LogP contribution in [0.15, 0.2) is 36.5 Å². The van der Waals surface area contributed by atoms with Crippen LogP contribution in [-0.2, 0) is 0 Å². The summed E-state index contributed by atoms with van der Waals surface area (Å²) in [6.07, 6.45) is 20.8. The SMILES string of the molecule is C#C[C@H](/C=C\C/C=C\C)N(C(C)C)C(CC)C(C)C=CC. The maximum Gasteiger partial charge on any atom is 0.0902 e. The molecule has 0 saturated heterocycles. The summed E-state index contributed by atoms with van der Waals surface area (Å²) in [5.41, 5.74) is 0. The van der Waals surface area contributed by atoms with Gasteiger partial charge in [-0.1, -0.05) is 56.2 Å². The van der Waals surface area contributed by atoms with Crippen LogP contribution >= 0.6 is 0 Å². The number of hydrogen-bond acceptors (Lipinski definition) is 1. The molecule has 21 heavy (non-hydrogen) atoms. The Morgan fingerprint density at radius 1 is 1.05 bits per heavy atom. The van der Waals surface area contributed by atoms with Gasteiger partial charge >= 0.3 is 0 Å². The van der Waals surface area contributed by atoms with Crippen molar-refractivity contribution in [3.63, 3.8) is 0 Å². The fourth-order valence-electron chi connectivity index (χ4n) is 2.86. The third-order valence-electron chi connectivity index (χ3n) is 3.82. The minimum atomic E-state index is 0.0629. The first-order chi connectivity index (χ1) is 10.0. The molecule has 0 aliphatic carbocycles. The molecule has 118 valence electrons. The highest BCUT2D eigenvalue weighted by atomic mass is 15.2. The molecule has 0 bridgehead atoms. The molecule has 1 nitrogen and oxygen atoms in total. The third-order valence-corrected chi connectivity index (χ3v) is 3.82. The summed E-state index contributed by atoms with van der Waals surface area (Å²) in [6, 6.07) is 0.955. The fraction of sp³-hybridized carbons (Fsp3) is 0.600. The van der Waals surface area contributed by atoms with Crippen LogP contribution in [0.3, 0.4) is 0 Å². The highest BCUT2D eigenvalue weighted by Gasteiger charge is 2.27. The van der Waals surface area contributed by atoms with Gasteiger partial charge in [-0.15, -0.1) is 6.42 Å². The Kier molecular flexibility index (Phi) is 10.7. The van der Waals surface area contributed by atoms with Crippen molar-refractivity contribution >= 4 is 0 Å². The Labute approximate surface area is 132 Å². The minimum absolute atomic E-state index is 0.0629. The second-order valence-electron chi connectivity index (χ2n) is 5.75. The lowest BCUT2D eigenvalue weighted by Crippen LogP contribution is -2.48.